The Hall–Kier alpha value is -4.50. The molecule has 1 atom stereocenters. The molecule has 0 fully saturated rings. The van der Waals surface area contributed by atoms with E-state index in [0.717, 1.165) is 16.0 Å². The molecule has 0 saturated carbocycles. The van der Waals surface area contributed by atoms with Crippen molar-refractivity contribution in [2.75, 3.05) is 7.11 Å². The zero-order valence-corrected chi connectivity index (χ0v) is 21.7. The number of hydrogen-bond acceptors (Lipinski definition) is 6. The van der Waals surface area contributed by atoms with Gasteiger partial charge in [0.05, 0.1) is 19.2 Å². The normalized spacial score (nSPS) is 11.7. The largest absolute Gasteiger partial charge is 0.497 e. The zero-order valence-electron chi connectivity index (χ0n) is 20.9. The number of nitrogens with zero attached hydrogens (tertiary/aromatic N) is 4. The fourth-order valence-electron chi connectivity index (χ4n) is 4.31. The molecular weight excluding hydrogens is 498 g/mol. The lowest BCUT2D eigenvalue weighted by atomic mass is 10.0. The Bertz CT molecular complexity index is 1520. The SMILES string of the molecule is COc1cccc([C@H](C(=O)NCc2ccccc2)N(Cc2cccs2)C(=O)Cn2nnc3ccccc32)c1. The van der Waals surface area contributed by atoms with E-state index in [1.807, 2.05) is 90.3 Å². The van der Waals surface area contributed by atoms with Crippen LogP contribution in [0.5, 0.6) is 5.75 Å². The number of ether oxygens (including phenoxy) is 1. The number of carbonyl (C=O) groups excluding carboxylic acids is 2. The number of benzene rings is 3. The van der Waals surface area contributed by atoms with Gasteiger partial charge in [0, 0.05) is 11.4 Å². The van der Waals surface area contributed by atoms with E-state index in [4.69, 9.17) is 4.74 Å². The molecule has 0 aliphatic carbocycles. The van der Waals surface area contributed by atoms with Crippen LogP contribution in [-0.2, 0) is 29.2 Å². The van der Waals surface area contributed by atoms with Crippen molar-refractivity contribution in [1.29, 1.82) is 0 Å². The molecule has 0 bridgehead atoms. The summed E-state index contributed by atoms with van der Waals surface area (Å²) >= 11 is 1.54. The molecule has 9 heteroatoms. The number of aromatic nitrogens is 3. The molecule has 2 aromatic heterocycles. The number of para-hydroxylation sites is 1. The third-order valence-electron chi connectivity index (χ3n) is 6.21. The number of rotatable bonds is 10. The Morgan fingerprint density at radius 3 is 2.61 bits per heavy atom. The van der Waals surface area contributed by atoms with E-state index in [-0.39, 0.29) is 24.9 Å². The number of methoxy groups -OCH3 is 1. The van der Waals surface area contributed by atoms with Crippen LogP contribution in [0.2, 0.25) is 0 Å². The van der Waals surface area contributed by atoms with E-state index in [1.54, 1.807) is 22.8 Å². The number of hydrogen-bond donors (Lipinski definition) is 1. The van der Waals surface area contributed by atoms with Gasteiger partial charge in [0.2, 0.25) is 11.8 Å². The first kappa shape index (κ1) is 25.2. The molecule has 5 aromatic rings. The second-order valence-electron chi connectivity index (χ2n) is 8.72. The number of nitrogens with one attached hydrogen (secondary N) is 1. The van der Waals surface area contributed by atoms with E-state index in [9.17, 15) is 9.59 Å². The fourth-order valence-corrected chi connectivity index (χ4v) is 5.02. The third kappa shape index (κ3) is 5.73. The molecular formula is C29H27N5O3S. The molecule has 192 valence electrons. The lowest BCUT2D eigenvalue weighted by Crippen LogP contribution is -2.44. The molecule has 0 radical (unpaired) electrons. The second kappa shape index (κ2) is 11.7. The Morgan fingerprint density at radius 1 is 1.00 bits per heavy atom. The van der Waals surface area contributed by atoms with Gasteiger partial charge < -0.3 is 15.0 Å². The fraction of sp³-hybridized carbons (Fsp3) is 0.172. The standard InChI is InChI=1S/C29H27N5O3S/c1-37-23-12-7-11-22(17-23)28(29(36)30-18-21-9-3-2-4-10-21)33(19-24-13-8-16-38-24)27(35)20-34-26-15-6-5-14-25(26)31-32-34/h2-17,28H,18-20H2,1H3,(H,30,36)/t28-/m1/s1. The Kier molecular flexibility index (Phi) is 7.75. The molecule has 0 aliphatic heterocycles. The minimum atomic E-state index is -0.891. The van der Waals surface area contributed by atoms with Gasteiger partial charge in [-0.05, 0) is 46.8 Å². The maximum Gasteiger partial charge on any atom is 0.247 e. The molecule has 0 aliphatic rings. The highest BCUT2D eigenvalue weighted by Gasteiger charge is 2.32. The minimum Gasteiger partial charge on any atom is -0.497 e. The highest BCUT2D eigenvalue weighted by molar-refractivity contribution is 7.09. The summed E-state index contributed by atoms with van der Waals surface area (Å²) in [6, 6.07) is 27.4. The smallest absolute Gasteiger partial charge is 0.247 e. The number of thiophene rings is 1. The summed E-state index contributed by atoms with van der Waals surface area (Å²) in [6.45, 7) is 0.553. The summed E-state index contributed by atoms with van der Waals surface area (Å²) in [5, 5.41) is 13.4. The Labute approximate surface area is 224 Å². The highest BCUT2D eigenvalue weighted by Crippen LogP contribution is 2.28. The summed E-state index contributed by atoms with van der Waals surface area (Å²) in [4.78, 5) is 30.4. The maximum atomic E-state index is 14.0. The quantitative estimate of drug-likeness (QED) is 0.288. The van der Waals surface area contributed by atoms with Gasteiger partial charge in [0.15, 0.2) is 0 Å². The first-order valence-electron chi connectivity index (χ1n) is 12.2. The van der Waals surface area contributed by atoms with Crippen LogP contribution in [0.4, 0.5) is 0 Å². The molecule has 1 N–H and O–H groups in total. The van der Waals surface area contributed by atoms with Crippen LogP contribution in [-0.4, -0.2) is 38.8 Å². The average molecular weight is 526 g/mol. The van der Waals surface area contributed by atoms with Crippen LogP contribution in [0.1, 0.15) is 22.0 Å². The Balaban J connectivity index is 1.51. The summed E-state index contributed by atoms with van der Waals surface area (Å²) in [7, 11) is 1.58. The van der Waals surface area contributed by atoms with Gasteiger partial charge in [-0.1, -0.05) is 65.9 Å². The molecule has 5 rings (SSSR count). The molecule has 38 heavy (non-hydrogen) atoms. The molecule has 3 aromatic carbocycles. The number of carbonyl (C=O) groups is 2. The van der Waals surface area contributed by atoms with Crippen molar-refractivity contribution >= 4 is 34.2 Å². The van der Waals surface area contributed by atoms with Crippen LogP contribution < -0.4 is 10.1 Å². The van der Waals surface area contributed by atoms with Crippen molar-refractivity contribution in [3.63, 3.8) is 0 Å². The topological polar surface area (TPSA) is 89.4 Å². The predicted molar refractivity (Wildman–Crippen MR) is 146 cm³/mol. The van der Waals surface area contributed by atoms with Gasteiger partial charge in [-0.25, -0.2) is 4.68 Å². The zero-order chi connectivity index (χ0) is 26.3. The molecule has 2 heterocycles. The summed E-state index contributed by atoms with van der Waals surface area (Å²) in [6.07, 6.45) is 0. The average Bonchev–Trinajstić information content (AvgIpc) is 3.62. The summed E-state index contributed by atoms with van der Waals surface area (Å²) in [5.41, 5.74) is 3.08. The maximum absolute atomic E-state index is 14.0. The van der Waals surface area contributed by atoms with Crippen LogP contribution in [0.15, 0.2) is 96.4 Å². The van der Waals surface area contributed by atoms with Crippen LogP contribution in [0.25, 0.3) is 11.0 Å². The molecule has 2 amide bonds. The van der Waals surface area contributed by atoms with Crippen LogP contribution in [0, 0.1) is 0 Å². The van der Waals surface area contributed by atoms with E-state index < -0.39 is 6.04 Å². The van der Waals surface area contributed by atoms with Gasteiger partial charge in [-0.3, -0.25) is 9.59 Å². The van der Waals surface area contributed by atoms with Crippen molar-refractivity contribution in [3.05, 3.63) is 112 Å². The Morgan fingerprint density at radius 2 is 1.82 bits per heavy atom. The van der Waals surface area contributed by atoms with Gasteiger partial charge in [-0.2, -0.15) is 0 Å². The molecule has 0 unspecified atom stereocenters. The van der Waals surface area contributed by atoms with Gasteiger partial charge in [-0.15, -0.1) is 16.4 Å². The van der Waals surface area contributed by atoms with Gasteiger partial charge in [0.25, 0.3) is 0 Å². The van der Waals surface area contributed by atoms with Crippen molar-refractivity contribution < 1.29 is 14.3 Å². The lowest BCUT2D eigenvalue weighted by molar-refractivity contribution is -0.142. The van der Waals surface area contributed by atoms with Crippen molar-refractivity contribution in [2.45, 2.75) is 25.7 Å². The van der Waals surface area contributed by atoms with Gasteiger partial charge in [0.1, 0.15) is 23.9 Å². The third-order valence-corrected chi connectivity index (χ3v) is 7.07. The molecule has 0 saturated heterocycles. The number of fused-ring (bicyclic) bond motifs is 1. The minimum absolute atomic E-state index is 0.0572. The molecule has 0 spiro atoms. The van der Waals surface area contributed by atoms with Crippen LogP contribution >= 0.6 is 11.3 Å². The monoisotopic (exact) mass is 525 g/mol. The predicted octanol–water partition coefficient (Wildman–Crippen LogP) is 4.59. The van der Waals surface area contributed by atoms with E-state index >= 15 is 0 Å². The van der Waals surface area contributed by atoms with E-state index in [2.05, 4.69) is 15.6 Å². The summed E-state index contributed by atoms with van der Waals surface area (Å²) in [5.74, 6) is 0.0707. The first-order valence-corrected chi connectivity index (χ1v) is 13.1. The summed E-state index contributed by atoms with van der Waals surface area (Å²) < 4.78 is 7.01. The molecule has 8 nitrogen and oxygen atoms in total. The van der Waals surface area contributed by atoms with Crippen LogP contribution in [0.3, 0.4) is 0 Å². The van der Waals surface area contributed by atoms with Crippen molar-refractivity contribution in [3.8, 4) is 5.75 Å². The second-order valence-corrected chi connectivity index (χ2v) is 9.75. The van der Waals surface area contributed by atoms with Gasteiger partial charge >= 0.3 is 0 Å². The van der Waals surface area contributed by atoms with Crippen molar-refractivity contribution in [1.82, 2.24) is 25.2 Å². The van der Waals surface area contributed by atoms with E-state index in [0.29, 0.717) is 23.4 Å². The highest BCUT2D eigenvalue weighted by atomic mass is 32.1. The number of amides is 2. The lowest BCUT2D eigenvalue weighted by Gasteiger charge is -2.31. The first-order chi connectivity index (χ1) is 18.6. The van der Waals surface area contributed by atoms with Crippen molar-refractivity contribution in [2.24, 2.45) is 0 Å². The van der Waals surface area contributed by atoms with E-state index in [1.165, 1.54) is 11.3 Å².